The van der Waals surface area contributed by atoms with Crippen LogP contribution in [0.2, 0.25) is 0 Å². The molecule has 1 aromatic heterocycles. The average Bonchev–Trinajstić information content (AvgIpc) is 3.39. The summed E-state index contributed by atoms with van der Waals surface area (Å²) in [6.07, 6.45) is 0.548. The number of ether oxygens (including phenoxy) is 2. The van der Waals surface area contributed by atoms with Crippen molar-refractivity contribution in [1.82, 2.24) is 4.90 Å². The van der Waals surface area contributed by atoms with E-state index in [-0.39, 0.29) is 11.3 Å². The number of hydrogen-bond acceptors (Lipinski definition) is 6. The van der Waals surface area contributed by atoms with Crippen molar-refractivity contribution in [2.45, 2.75) is 32.9 Å². The lowest BCUT2D eigenvalue weighted by Crippen LogP contribution is -2.31. The summed E-state index contributed by atoms with van der Waals surface area (Å²) in [7, 11) is 1.58. The number of ketones is 1. The maximum absolute atomic E-state index is 13.0. The van der Waals surface area contributed by atoms with Crippen molar-refractivity contribution in [1.29, 1.82) is 0 Å². The normalized spacial score (nSPS) is 17.2. The van der Waals surface area contributed by atoms with E-state index in [1.54, 1.807) is 50.4 Å². The Kier molecular flexibility index (Phi) is 7.36. The van der Waals surface area contributed by atoms with Gasteiger partial charge in [-0.25, -0.2) is 0 Å². The summed E-state index contributed by atoms with van der Waals surface area (Å²) in [6, 6.07) is 17.5. The Hall–Kier alpha value is -3.84. The molecule has 3 aromatic rings. The summed E-state index contributed by atoms with van der Waals surface area (Å²) in [6.45, 7) is 4.97. The molecule has 2 aromatic carbocycles. The van der Waals surface area contributed by atoms with Gasteiger partial charge in [0.25, 0.3) is 11.7 Å². The van der Waals surface area contributed by atoms with Crippen LogP contribution in [0.15, 0.2) is 70.7 Å². The molecule has 7 heteroatoms. The lowest BCUT2D eigenvalue weighted by atomic mass is 9.99. The lowest BCUT2D eigenvalue weighted by Gasteiger charge is -2.23. The van der Waals surface area contributed by atoms with E-state index in [0.29, 0.717) is 49.0 Å². The Bertz CT molecular complexity index is 1240. The van der Waals surface area contributed by atoms with Gasteiger partial charge in [0.15, 0.2) is 0 Å². The maximum atomic E-state index is 13.0. The molecule has 7 nitrogen and oxygen atoms in total. The van der Waals surface area contributed by atoms with Crippen LogP contribution in [0.3, 0.4) is 0 Å². The zero-order valence-corrected chi connectivity index (χ0v) is 20.1. The number of likely N-dealkylation sites (tertiary alicyclic amines) is 1. The van der Waals surface area contributed by atoms with Gasteiger partial charge in [-0.05, 0) is 62.2 Å². The lowest BCUT2D eigenvalue weighted by molar-refractivity contribution is -0.140. The molecule has 1 fully saturated rings. The zero-order valence-electron chi connectivity index (χ0n) is 20.1. The minimum atomic E-state index is -0.808. The molecule has 1 unspecified atom stereocenters. The summed E-state index contributed by atoms with van der Waals surface area (Å²) in [5.41, 5.74) is 2.64. The largest absolute Gasteiger partial charge is 0.507 e. The van der Waals surface area contributed by atoms with Crippen molar-refractivity contribution in [3.8, 4) is 5.75 Å². The number of aliphatic hydroxyl groups excluding tert-OH is 1. The van der Waals surface area contributed by atoms with Gasteiger partial charge in [0.05, 0.1) is 5.57 Å². The Morgan fingerprint density at radius 1 is 1.06 bits per heavy atom. The molecular formula is C28H29NO6. The van der Waals surface area contributed by atoms with E-state index in [4.69, 9.17) is 13.9 Å². The van der Waals surface area contributed by atoms with E-state index >= 15 is 0 Å². The summed E-state index contributed by atoms with van der Waals surface area (Å²) in [4.78, 5) is 27.3. The molecule has 4 rings (SSSR count). The fraction of sp³-hybridized carbons (Fsp3) is 0.286. The Labute approximate surface area is 204 Å². The number of hydrogen-bond donors (Lipinski definition) is 1. The van der Waals surface area contributed by atoms with Gasteiger partial charge in [-0.3, -0.25) is 9.59 Å². The van der Waals surface area contributed by atoms with Crippen molar-refractivity contribution in [3.05, 3.63) is 94.4 Å². The van der Waals surface area contributed by atoms with Gasteiger partial charge in [0.2, 0.25) is 0 Å². The molecule has 0 bridgehead atoms. The molecule has 182 valence electrons. The fourth-order valence-corrected chi connectivity index (χ4v) is 4.22. The van der Waals surface area contributed by atoms with Gasteiger partial charge in [0.1, 0.15) is 35.7 Å². The molecule has 0 spiro atoms. The molecule has 2 heterocycles. The number of amides is 1. The molecular weight excluding hydrogens is 446 g/mol. The molecule has 0 aliphatic carbocycles. The zero-order chi connectivity index (χ0) is 24.9. The monoisotopic (exact) mass is 475 g/mol. The Morgan fingerprint density at radius 3 is 2.49 bits per heavy atom. The number of benzene rings is 2. The third-order valence-electron chi connectivity index (χ3n) is 5.93. The van der Waals surface area contributed by atoms with Crippen molar-refractivity contribution < 1.29 is 28.6 Å². The molecule has 1 atom stereocenters. The van der Waals surface area contributed by atoms with E-state index in [9.17, 15) is 14.7 Å². The highest BCUT2D eigenvalue weighted by atomic mass is 16.5. The van der Waals surface area contributed by atoms with Crippen molar-refractivity contribution >= 4 is 17.4 Å². The van der Waals surface area contributed by atoms with Gasteiger partial charge in [-0.2, -0.15) is 0 Å². The van der Waals surface area contributed by atoms with E-state index in [1.807, 2.05) is 25.1 Å². The van der Waals surface area contributed by atoms with E-state index in [0.717, 1.165) is 11.1 Å². The Morgan fingerprint density at radius 2 is 1.83 bits per heavy atom. The first-order valence-electron chi connectivity index (χ1n) is 11.5. The molecule has 1 saturated heterocycles. The van der Waals surface area contributed by atoms with Gasteiger partial charge in [-0.15, -0.1) is 0 Å². The van der Waals surface area contributed by atoms with Crippen LogP contribution in [0.25, 0.3) is 5.76 Å². The van der Waals surface area contributed by atoms with E-state index in [2.05, 4.69) is 6.07 Å². The highest BCUT2D eigenvalue weighted by molar-refractivity contribution is 6.46. The first-order chi connectivity index (χ1) is 16.9. The second-order valence-electron chi connectivity index (χ2n) is 8.59. The summed E-state index contributed by atoms with van der Waals surface area (Å²) < 4.78 is 16.7. The smallest absolute Gasteiger partial charge is 0.295 e. The van der Waals surface area contributed by atoms with Crippen molar-refractivity contribution in [2.75, 3.05) is 20.3 Å². The first-order valence-corrected chi connectivity index (χ1v) is 11.5. The fourth-order valence-electron chi connectivity index (χ4n) is 4.22. The van der Waals surface area contributed by atoms with Crippen LogP contribution >= 0.6 is 0 Å². The first kappa shape index (κ1) is 24.3. The standard InChI is InChI=1S/C28H29NO6/c1-18-6-4-7-20(16-18)17-34-22-11-9-21(10-12-22)26(30)24-25(23-13-8-19(2)35-23)29(14-5-15-33-3)28(32)27(24)31/h4,6-13,16,25,30H,5,14-15,17H2,1-3H3/b26-24-. The number of carbonyl (C=O) groups is 2. The maximum Gasteiger partial charge on any atom is 0.295 e. The predicted molar refractivity (Wildman–Crippen MR) is 131 cm³/mol. The van der Waals surface area contributed by atoms with Crippen LogP contribution < -0.4 is 4.74 Å². The third kappa shape index (κ3) is 5.30. The Balaban J connectivity index is 1.61. The number of rotatable bonds is 9. The predicted octanol–water partition coefficient (Wildman–Crippen LogP) is 4.93. The number of aliphatic hydroxyl groups is 1. The second-order valence-corrected chi connectivity index (χ2v) is 8.59. The number of nitrogens with zero attached hydrogens (tertiary/aromatic N) is 1. The molecule has 0 radical (unpaired) electrons. The van der Waals surface area contributed by atoms with E-state index < -0.39 is 17.7 Å². The summed E-state index contributed by atoms with van der Waals surface area (Å²) in [5, 5.41) is 11.1. The summed E-state index contributed by atoms with van der Waals surface area (Å²) in [5.74, 6) is 0.0538. The van der Waals surface area contributed by atoms with Gasteiger partial charge >= 0.3 is 0 Å². The highest BCUT2D eigenvalue weighted by Gasteiger charge is 2.47. The van der Waals surface area contributed by atoms with Crippen molar-refractivity contribution in [2.24, 2.45) is 0 Å². The average molecular weight is 476 g/mol. The second kappa shape index (κ2) is 10.6. The minimum absolute atomic E-state index is 0.00944. The van der Waals surface area contributed by atoms with Crippen LogP contribution in [0.5, 0.6) is 5.75 Å². The quantitative estimate of drug-likeness (QED) is 0.204. The van der Waals surface area contributed by atoms with E-state index in [1.165, 1.54) is 4.90 Å². The number of carbonyl (C=O) groups excluding carboxylic acids is 2. The minimum Gasteiger partial charge on any atom is -0.507 e. The van der Waals surface area contributed by atoms with Crippen LogP contribution in [0.1, 0.15) is 40.7 Å². The van der Waals surface area contributed by atoms with Gasteiger partial charge in [-0.1, -0.05) is 29.8 Å². The van der Waals surface area contributed by atoms with Gasteiger partial charge < -0.3 is 23.9 Å². The molecule has 1 aliphatic heterocycles. The molecule has 0 saturated carbocycles. The molecule has 35 heavy (non-hydrogen) atoms. The summed E-state index contributed by atoms with van der Waals surface area (Å²) >= 11 is 0. The van der Waals surface area contributed by atoms with Crippen molar-refractivity contribution in [3.63, 3.8) is 0 Å². The van der Waals surface area contributed by atoms with Crippen LogP contribution in [0, 0.1) is 13.8 Å². The number of aryl methyl sites for hydroxylation is 2. The number of Topliss-reactive ketones (excluding diaryl/α,β-unsaturated/α-hetero) is 1. The van der Waals surface area contributed by atoms with Crippen LogP contribution in [-0.4, -0.2) is 42.0 Å². The van der Waals surface area contributed by atoms with Gasteiger partial charge in [0, 0.05) is 25.8 Å². The molecule has 1 amide bonds. The number of furan rings is 1. The number of methoxy groups -OCH3 is 1. The highest BCUT2D eigenvalue weighted by Crippen LogP contribution is 2.40. The SMILES string of the molecule is COCCCN1C(=O)C(=O)/C(=C(\O)c2ccc(OCc3cccc(C)c3)cc2)C1c1ccc(C)o1. The third-order valence-corrected chi connectivity index (χ3v) is 5.93. The molecule has 1 N–H and O–H groups in total. The topological polar surface area (TPSA) is 89.2 Å². The molecule has 1 aliphatic rings. The van der Waals surface area contributed by atoms with Crippen LogP contribution in [-0.2, 0) is 20.9 Å². The van der Waals surface area contributed by atoms with Crippen LogP contribution in [0.4, 0.5) is 0 Å².